The van der Waals surface area contributed by atoms with Crippen molar-refractivity contribution >= 4 is 6.08 Å². The topological polar surface area (TPSA) is 30.5 Å². The van der Waals surface area contributed by atoms with E-state index in [0.29, 0.717) is 6.61 Å². The van der Waals surface area contributed by atoms with Crippen LogP contribution in [0.1, 0.15) is 5.56 Å². The van der Waals surface area contributed by atoms with Gasteiger partial charge in [-0.25, -0.2) is 0 Å². The summed E-state index contributed by atoms with van der Waals surface area (Å²) >= 11 is 0. The van der Waals surface area contributed by atoms with E-state index in [2.05, 4.69) is 10.1 Å². The molecule has 0 spiro atoms. The molecule has 1 aromatic carbocycles. The Morgan fingerprint density at radius 2 is 2.11 bits per heavy atom. The van der Waals surface area contributed by atoms with Crippen molar-refractivity contribution in [3.05, 3.63) is 35.9 Å². The molecular weight excluding hydrogens is 240 g/mol. The summed E-state index contributed by atoms with van der Waals surface area (Å²) < 4.78 is 33.5. The van der Waals surface area contributed by atoms with Crippen LogP contribution in [0.2, 0.25) is 0 Å². The minimum Gasteiger partial charge on any atom is -0.435 e. The molecule has 0 aromatic heterocycles. The fraction of sp³-hybridized carbons (Fsp3) is 0.385. The predicted molar refractivity (Wildman–Crippen MR) is 64.7 cm³/mol. The maximum Gasteiger partial charge on any atom is 0.387 e. The third-order valence-electron chi connectivity index (χ3n) is 2.58. The second-order valence-electron chi connectivity index (χ2n) is 3.94. The fourth-order valence-electron chi connectivity index (χ4n) is 1.70. The van der Waals surface area contributed by atoms with E-state index < -0.39 is 6.61 Å². The standard InChI is InChI=1S/C13H15F2NO2/c14-13(15)18-12-5-2-10(3-6-12)1-4-11-9-17-8-7-16-11/h1-6,11,13,16H,7-9H2/b4-1+. The largest absolute Gasteiger partial charge is 0.435 e. The van der Waals surface area contributed by atoms with Crippen LogP contribution >= 0.6 is 0 Å². The molecule has 98 valence electrons. The van der Waals surface area contributed by atoms with Crippen molar-refractivity contribution < 1.29 is 18.3 Å². The van der Waals surface area contributed by atoms with Crippen LogP contribution in [0.25, 0.3) is 6.08 Å². The predicted octanol–water partition coefficient (Wildman–Crippen LogP) is 2.29. The molecule has 0 bridgehead atoms. The van der Waals surface area contributed by atoms with Crippen molar-refractivity contribution in [3.8, 4) is 5.75 Å². The smallest absolute Gasteiger partial charge is 0.387 e. The first-order valence-electron chi connectivity index (χ1n) is 5.78. The number of nitrogens with one attached hydrogen (secondary N) is 1. The highest BCUT2D eigenvalue weighted by Crippen LogP contribution is 2.15. The number of hydrogen-bond donors (Lipinski definition) is 1. The molecule has 0 amide bonds. The summed E-state index contributed by atoms with van der Waals surface area (Å²) in [5.74, 6) is 0.168. The van der Waals surface area contributed by atoms with E-state index in [9.17, 15) is 8.78 Å². The molecule has 1 aliphatic rings. The Balaban J connectivity index is 1.90. The molecule has 1 fully saturated rings. The fourth-order valence-corrected chi connectivity index (χ4v) is 1.70. The number of ether oxygens (including phenoxy) is 2. The number of rotatable bonds is 4. The van der Waals surface area contributed by atoms with Crippen molar-refractivity contribution in [2.75, 3.05) is 19.8 Å². The van der Waals surface area contributed by atoms with Gasteiger partial charge in [-0.15, -0.1) is 0 Å². The highest BCUT2D eigenvalue weighted by atomic mass is 19.3. The summed E-state index contributed by atoms with van der Waals surface area (Å²) in [5, 5.41) is 3.29. The van der Waals surface area contributed by atoms with Gasteiger partial charge < -0.3 is 14.8 Å². The average Bonchev–Trinajstić information content (AvgIpc) is 2.38. The van der Waals surface area contributed by atoms with Crippen molar-refractivity contribution in [1.29, 1.82) is 0 Å². The van der Waals surface area contributed by atoms with E-state index in [1.54, 1.807) is 12.1 Å². The summed E-state index contributed by atoms with van der Waals surface area (Å²) in [4.78, 5) is 0. The SMILES string of the molecule is FC(F)Oc1ccc(/C=C/C2COCCN2)cc1. The van der Waals surface area contributed by atoms with Gasteiger partial charge in [-0.3, -0.25) is 0 Å². The molecule has 0 aliphatic carbocycles. The zero-order valence-electron chi connectivity index (χ0n) is 9.81. The Bertz CT molecular complexity index is 386. The van der Waals surface area contributed by atoms with Gasteiger partial charge in [-0.05, 0) is 17.7 Å². The van der Waals surface area contributed by atoms with E-state index in [1.807, 2.05) is 12.2 Å². The first-order chi connectivity index (χ1) is 8.74. The average molecular weight is 255 g/mol. The zero-order valence-corrected chi connectivity index (χ0v) is 9.81. The molecule has 1 atom stereocenters. The van der Waals surface area contributed by atoms with Gasteiger partial charge >= 0.3 is 6.61 Å². The van der Waals surface area contributed by atoms with Gasteiger partial charge in [0, 0.05) is 12.6 Å². The van der Waals surface area contributed by atoms with E-state index in [0.717, 1.165) is 18.7 Å². The van der Waals surface area contributed by atoms with Crippen molar-refractivity contribution in [2.24, 2.45) is 0 Å². The normalized spacial score (nSPS) is 20.5. The molecule has 1 unspecified atom stereocenters. The number of morpholine rings is 1. The van der Waals surface area contributed by atoms with E-state index >= 15 is 0 Å². The Morgan fingerprint density at radius 3 is 2.72 bits per heavy atom. The quantitative estimate of drug-likeness (QED) is 0.895. The van der Waals surface area contributed by atoms with Crippen LogP contribution < -0.4 is 10.1 Å². The lowest BCUT2D eigenvalue weighted by Gasteiger charge is -2.20. The van der Waals surface area contributed by atoms with Gasteiger partial charge in [0.2, 0.25) is 0 Å². The summed E-state index contributed by atoms with van der Waals surface area (Å²) in [6.45, 7) is -0.543. The van der Waals surface area contributed by atoms with Crippen LogP contribution in [0.4, 0.5) is 8.78 Å². The Kier molecular flexibility index (Phi) is 4.66. The van der Waals surface area contributed by atoms with Crippen LogP contribution in [0.5, 0.6) is 5.75 Å². The summed E-state index contributed by atoms with van der Waals surface area (Å²) in [7, 11) is 0. The summed E-state index contributed by atoms with van der Waals surface area (Å²) in [6.07, 6.45) is 3.93. The molecule has 0 saturated carbocycles. The van der Waals surface area contributed by atoms with Crippen molar-refractivity contribution in [1.82, 2.24) is 5.32 Å². The van der Waals surface area contributed by atoms with Gasteiger partial charge in [0.25, 0.3) is 0 Å². The highest BCUT2D eigenvalue weighted by molar-refractivity contribution is 5.51. The van der Waals surface area contributed by atoms with Crippen LogP contribution in [-0.4, -0.2) is 32.4 Å². The van der Waals surface area contributed by atoms with Crippen LogP contribution in [-0.2, 0) is 4.74 Å². The Labute approximate surface area is 104 Å². The van der Waals surface area contributed by atoms with Crippen molar-refractivity contribution in [2.45, 2.75) is 12.7 Å². The first kappa shape index (κ1) is 13.0. The van der Waals surface area contributed by atoms with Gasteiger partial charge in [0.05, 0.1) is 13.2 Å². The molecule has 5 heteroatoms. The second-order valence-corrected chi connectivity index (χ2v) is 3.94. The molecular formula is C13H15F2NO2. The minimum atomic E-state index is -2.78. The number of halogens is 2. The van der Waals surface area contributed by atoms with E-state index in [1.165, 1.54) is 12.1 Å². The number of benzene rings is 1. The summed E-state index contributed by atoms with van der Waals surface area (Å²) in [5.41, 5.74) is 0.934. The van der Waals surface area contributed by atoms with E-state index in [-0.39, 0.29) is 11.8 Å². The third kappa shape index (κ3) is 4.09. The molecule has 2 rings (SSSR count). The van der Waals surface area contributed by atoms with Gasteiger partial charge in [-0.1, -0.05) is 24.3 Å². The van der Waals surface area contributed by atoms with Gasteiger partial charge in [0.1, 0.15) is 5.75 Å². The molecule has 1 N–H and O–H groups in total. The third-order valence-corrected chi connectivity index (χ3v) is 2.58. The number of alkyl halides is 2. The molecule has 1 heterocycles. The highest BCUT2D eigenvalue weighted by Gasteiger charge is 2.08. The van der Waals surface area contributed by atoms with Crippen LogP contribution in [0.3, 0.4) is 0 Å². The van der Waals surface area contributed by atoms with Crippen molar-refractivity contribution in [3.63, 3.8) is 0 Å². The maximum absolute atomic E-state index is 12.0. The first-order valence-corrected chi connectivity index (χ1v) is 5.78. The number of hydrogen-bond acceptors (Lipinski definition) is 3. The second kappa shape index (κ2) is 6.47. The molecule has 1 saturated heterocycles. The zero-order chi connectivity index (χ0) is 12.8. The van der Waals surface area contributed by atoms with E-state index in [4.69, 9.17) is 4.74 Å². The van der Waals surface area contributed by atoms with Crippen LogP contribution in [0.15, 0.2) is 30.3 Å². The molecule has 3 nitrogen and oxygen atoms in total. The minimum absolute atomic E-state index is 0.168. The lowest BCUT2D eigenvalue weighted by molar-refractivity contribution is -0.0498. The van der Waals surface area contributed by atoms with Crippen LogP contribution in [0, 0.1) is 0 Å². The summed E-state index contributed by atoms with van der Waals surface area (Å²) in [6, 6.07) is 6.72. The molecule has 1 aliphatic heterocycles. The maximum atomic E-state index is 12.0. The monoisotopic (exact) mass is 255 g/mol. The molecule has 0 radical (unpaired) electrons. The lowest BCUT2D eigenvalue weighted by atomic mass is 10.1. The lowest BCUT2D eigenvalue weighted by Crippen LogP contribution is -2.39. The molecule has 18 heavy (non-hydrogen) atoms. The Morgan fingerprint density at radius 1 is 1.33 bits per heavy atom. The van der Waals surface area contributed by atoms with Gasteiger partial charge in [0.15, 0.2) is 0 Å². The Hall–Kier alpha value is -1.46. The molecule has 1 aromatic rings. The van der Waals surface area contributed by atoms with Gasteiger partial charge in [-0.2, -0.15) is 8.78 Å².